The number of imidazole rings is 1. The van der Waals surface area contributed by atoms with Crippen LogP contribution in [0.15, 0.2) is 84.0 Å². The molecule has 4 aromatic rings. The third-order valence-corrected chi connectivity index (χ3v) is 6.79. The van der Waals surface area contributed by atoms with Gasteiger partial charge in [0, 0.05) is 41.1 Å². The number of nitrogens with one attached hydrogen (secondary N) is 1. The average Bonchev–Trinajstić information content (AvgIpc) is 3.27. The Morgan fingerprint density at radius 3 is 2.31 bits per heavy atom. The van der Waals surface area contributed by atoms with Crippen molar-refractivity contribution in [1.82, 2.24) is 14.9 Å². The van der Waals surface area contributed by atoms with E-state index in [9.17, 15) is 14.9 Å². The number of halogens is 1. The van der Waals surface area contributed by atoms with Crippen LogP contribution in [0.25, 0.3) is 22.5 Å². The third kappa shape index (κ3) is 5.61. The Morgan fingerprint density at radius 2 is 1.69 bits per heavy atom. The quantitative estimate of drug-likeness (QED) is 0.112. The van der Waals surface area contributed by atoms with Crippen LogP contribution in [0, 0.1) is 10.1 Å². The second kappa shape index (κ2) is 11.4. The minimum absolute atomic E-state index is 0.00364. The van der Waals surface area contributed by atoms with Crippen LogP contribution in [0.5, 0.6) is 0 Å². The molecule has 0 radical (unpaired) electrons. The molecule has 3 aromatic carbocycles. The molecule has 0 aliphatic carbocycles. The molecule has 0 fully saturated rings. The Kier molecular flexibility index (Phi) is 8.07. The van der Waals surface area contributed by atoms with Crippen molar-refractivity contribution in [2.45, 2.75) is 25.0 Å². The maximum atomic E-state index is 12.5. The first-order valence-corrected chi connectivity index (χ1v) is 12.8. The zero-order chi connectivity index (χ0) is 25.7. The van der Waals surface area contributed by atoms with Gasteiger partial charge in [-0.25, -0.2) is 4.98 Å². The molecule has 4 rings (SSSR count). The molecule has 0 spiro atoms. The lowest BCUT2D eigenvalue weighted by Gasteiger charge is -2.16. The summed E-state index contributed by atoms with van der Waals surface area (Å²) in [5, 5.41) is 14.8. The van der Waals surface area contributed by atoms with Gasteiger partial charge in [-0.05, 0) is 26.0 Å². The second-order valence-electron chi connectivity index (χ2n) is 8.32. The molecule has 0 atom stereocenters. The Hall–Kier alpha value is -3.62. The normalized spacial score (nSPS) is 11.0. The predicted molar refractivity (Wildman–Crippen MR) is 145 cm³/mol. The van der Waals surface area contributed by atoms with Crippen molar-refractivity contribution in [2.24, 2.45) is 0 Å². The summed E-state index contributed by atoms with van der Waals surface area (Å²) in [7, 11) is 0. The molecule has 1 amide bonds. The fourth-order valence-corrected chi connectivity index (χ4v) is 5.04. The molecule has 0 aliphatic rings. The van der Waals surface area contributed by atoms with Crippen LogP contribution in [-0.2, 0) is 0 Å². The molecular formula is C27H25ClN4O3S. The first-order chi connectivity index (χ1) is 17.4. The van der Waals surface area contributed by atoms with E-state index in [1.807, 2.05) is 36.4 Å². The van der Waals surface area contributed by atoms with Crippen LogP contribution in [0.4, 0.5) is 5.69 Å². The Balaban J connectivity index is 1.55. The fourth-order valence-electron chi connectivity index (χ4n) is 3.86. The zero-order valence-corrected chi connectivity index (χ0v) is 21.4. The van der Waals surface area contributed by atoms with Gasteiger partial charge in [-0.1, -0.05) is 84.0 Å². The number of carbonyl (C=O) groups is 1. The minimum Gasteiger partial charge on any atom is -0.351 e. The maximum Gasteiger partial charge on any atom is 0.288 e. The number of rotatable bonds is 9. The van der Waals surface area contributed by atoms with Gasteiger partial charge < -0.3 is 9.88 Å². The Bertz CT molecular complexity index is 1370. The lowest BCUT2D eigenvalue weighted by atomic mass is 10.0. The standard InChI is InChI=1S/C27H25ClN4O3S/c1-18(2)31-25(20-11-7-4-8-12-20)24(19-9-5-3-6-10-19)30-27(31)36-16-15-29-26(33)21-13-14-22(28)23(17-21)32(34)35/h3-14,17-18H,15-16H2,1-2H3,(H,29,33). The lowest BCUT2D eigenvalue weighted by molar-refractivity contribution is -0.384. The van der Waals surface area contributed by atoms with Gasteiger partial charge >= 0.3 is 0 Å². The third-order valence-electron chi connectivity index (χ3n) is 5.51. The van der Waals surface area contributed by atoms with Crippen LogP contribution < -0.4 is 5.32 Å². The summed E-state index contributed by atoms with van der Waals surface area (Å²) in [6.45, 7) is 4.62. The van der Waals surface area contributed by atoms with E-state index >= 15 is 0 Å². The van der Waals surface area contributed by atoms with E-state index < -0.39 is 10.8 Å². The first-order valence-electron chi connectivity index (χ1n) is 11.4. The highest BCUT2D eigenvalue weighted by Crippen LogP contribution is 2.38. The van der Waals surface area contributed by atoms with Gasteiger partial charge in [-0.15, -0.1) is 0 Å². The molecule has 0 saturated heterocycles. The van der Waals surface area contributed by atoms with E-state index in [2.05, 4.69) is 48.0 Å². The summed E-state index contributed by atoms with van der Waals surface area (Å²) in [4.78, 5) is 28.1. The molecule has 184 valence electrons. The second-order valence-corrected chi connectivity index (χ2v) is 9.78. The van der Waals surface area contributed by atoms with Gasteiger partial charge in [0.1, 0.15) is 5.02 Å². The molecule has 0 aliphatic heterocycles. The number of carbonyl (C=O) groups excluding carboxylic acids is 1. The van der Waals surface area contributed by atoms with Crippen LogP contribution in [0.3, 0.4) is 0 Å². The summed E-state index contributed by atoms with van der Waals surface area (Å²) >= 11 is 7.40. The number of hydrogen-bond acceptors (Lipinski definition) is 5. The van der Waals surface area contributed by atoms with Gasteiger partial charge in [-0.2, -0.15) is 0 Å². The van der Waals surface area contributed by atoms with E-state index in [4.69, 9.17) is 16.6 Å². The van der Waals surface area contributed by atoms with Crippen molar-refractivity contribution < 1.29 is 9.72 Å². The van der Waals surface area contributed by atoms with E-state index in [1.165, 1.54) is 18.2 Å². The molecule has 36 heavy (non-hydrogen) atoms. The molecular weight excluding hydrogens is 496 g/mol. The Morgan fingerprint density at radius 1 is 1.06 bits per heavy atom. The monoisotopic (exact) mass is 520 g/mol. The van der Waals surface area contributed by atoms with Gasteiger partial charge in [0.2, 0.25) is 0 Å². The average molecular weight is 521 g/mol. The summed E-state index contributed by atoms with van der Waals surface area (Å²) in [6, 6.07) is 24.5. The van der Waals surface area contributed by atoms with Gasteiger partial charge in [0.15, 0.2) is 5.16 Å². The molecule has 0 unspecified atom stereocenters. The SMILES string of the molecule is CC(C)n1c(SCCNC(=O)c2ccc(Cl)c([N+](=O)[O-])c2)nc(-c2ccccc2)c1-c1ccccc1. The first kappa shape index (κ1) is 25.5. The molecule has 0 saturated carbocycles. The summed E-state index contributed by atoms with van der Waals surface area (Å²) in [5.74, 6) is 0.186. The van der Waals surface area contributed by atoms with Gasteiger partial charge in [0.05, 0.1) is 16.3 Å². The molecule has 0 bridgehead atoms. The van der Waals surface area contributed by atoms with E-state index in [0.29, 0.717) is 12.3 Å². The number of nitro benzene ring substituents is 1. The number of nitro groups is 1. The van der Waals surface area contributed by atoms with E-state index in [0.717, 1.165) is 27.7 Å². The number of nitrogens with zero attached hydrogens (tertiary/aromatic N) is 3. The number of amides is 1. The van der Waals surface area contributed by atoms with Crippen molar-refractivity contribution in [3.05, 3.63) is 99.6 Å². The highest BCUT2D eigenvalue weighted by Gasteiger charge is 2.22. The van der Waals surface area contributed by atoms with Gasteiger partial charge in [0.25, 0.3) is 11.6 Å². The maximum absolute atomic E-state index is 12.5. The number of benzene rings is 3. The van der Waals surface area contributed by atoms with Crippen molar-refractivity contribution in [2.75, 3.05) is 12.3 Å². The zero-order valence-electron chi connectivity index (χ0n) is 19.8. The lowest BCUT2D eigenvalue weighted by Crippen LogP contribution is -2.25. The highest BCUT2D eigenvalue weighted by molar-refractivity contribution is 7.99. The minimum atomic E-state index is -0.602. The van der Waals surface area contributed by atoms with Crippen molar-refractivity contribution >= 4 is 35.0 Å². The van der Waals surface area contributed by atoms with Crippen LogP contribution in [0.1, 0.15) is 30.2 Å². The molecule has 7 nitrogen and oxygen atoms in total. The Labute approximate surface area is 218 Å². The molecule has 1 aromatic heterocycles. The number of aromatic nitrogens is 2. The molecule has 1 heterocycles. The van der Waals surface area contributed by atoms with Crippen molar-refractivity contribution in [3.8, 4) is 22.5 Å². The van der Waals surface area contributed by atoms with Gasteiger partial charge in [-0.3, -0.25) is 14.9 Å². The highest BCUT2D eigenvalue weighted by atomic mass is 35.5. The topological polar surface area (TPSA) is 90.1 Å². The number of thioether (sulfide) groups is 1. The van der Waals surface area contributed by atoms with Crippen LogP contribution >= 0.6 is 23.4 Å². The summed E-state index contributed by atoms with van der Waals surface area (Å²) in [6.07, 6.45) is 0. The van der Waals surface area contributed by atoms with Crippen LogP contribution in [-0.4, -0.2) is 32.7 Å². The summed E-state index contributed by atoms with van der Waals surface area (Å²) in [5.41, 5.74) is 3.99. The predicted octanol–water partition coefficient (Wildman–Crippen LogP) is 6.88. The largest absolute Gasteiger partial charge is 0.351 e. The smallest absolute Gasteiger partial charge is 0.288 e. The molecule has 1 N–H and O–H groups in total. The van der Waals surface area contributed by atoms with E-state index in [-0.39, 0.29) is 22.3 Å². The number of hydrogen-bond donors (Lipinski definition) is 1. The summed E-state index contributed by atoms with van der Waals surface area (Å²) < 4.78 is 2.23. The van der Waals surface area contributed by atoms with Crippen LogP contribution in [0.2, 0.25) is 5.02 Å². The van der Waals surface area contributed by atoms with E-state index in [1.54, 1.807) is 11.8 Å². The van der Waals surface area contributed by atoms with Crippen molar-refractivity contribution in [3.63, 3.8) is 0 Å². The molecule has 9 heteroatoms. The van der Waals surface area contributed by atoms with Crippen molar-refractivity contribution in [1.29, 1.82) is 0 Å². The fraction of sp³-hybridized carbons (Fsp3) is 0.185.